The Morgan fingerprint density at radius 1 is 1.28 bits per heavy atom. The minimum absolute atomic E-state index is 0.0262. The Labute approximate surface area is 105 Å². The van der Waals surface area contributed by atoms with Gasteiger partial charge in [-0.3, -0.25) is 0 Å². The lowest BCUT2D eigenvalue weighted by atomic mass is 10.3. The fraction of sp³-hybridized carbons (Fsp3) is 0.182. The quantitative estimate of drug-likeness (QED) is 0.892. The van der Waals surface area contributed by atoms with Crippen LogP contribution in [0, 0.1) is 6.92 Å². The zero-order valence-corrected chi connectivity index (χ0v) is 10.8. The van der Waals surface area contributed by atoms with E-state index in [4.69, 9.17) is 9.88 Å². The lowest BCUT2D eigenvalue weighted by Crippen LogP contribution is -2.13. The molecule has 0 atom stereocenters. The van der Waals surface area contributed by atoms with E-state index in [-0.39, 0.29) is 4.90 Å². The van der Waals surface area contributed by atoms with Gasteiger partial charge in [0.2, 0.25) is 10.0 Å². The highest BCUT2D eigenvalue weighted by Gasteiger charge is 2.17. The van der Waals surface area contributed by atoms with Crippen LogP contribution in [-0.4, -0.2) is 25.3 Å². The molecule has 18 heavy (non-hydrogen) atoms. The SMILES string of the molecule is COc1ccc(-n2ncc(S(N)(=O)=O)c2C)cc1. The van der Waals surface area contributed by atoms with Gasteiger partial charge in [0, 0.05) is 0 Å². The molecule has 0 aliphatic rings. The Kier molecular flexibility index (Phi) is 3.10. The summed E-state index contributed by atoms with van der Waals surface area (Å²) in [4.78, 5) is 0.0262. The zero-order valence-electron chi connectivity index (χ0n) is 9.99. The summed E-state index contributed by atoms with van der Waals surface area (Å²) in [6, 6.07) is 7.11. The molecule has 0 radical (unpaired) electrons. The van der Waals surface area contributed by atoms with Gasteiger partial charge in [0.25, 0.3) is 0 Å². The molecule has 2 N–H and O–H groups in total. The second kappa shape index (κ2) is 4.43. The number of sulfonamides is 1. The molecule has 0 bridgehead atoms. The summed E-state index contributed by atoms with van der Waals surface area (Å²) in [6.07, 6.45) is 1.24. The molecule has 2 rings (SSSR count). The number of hydrogen-bond donors (Lipinski definition) is 1. The molecule has 0 aliphatic heterocycles. The Bertz CT molecular complexity index is 659. The average Bonchev–Trinajstić information content (AvgIpc) is 2.71. The van der Waals surface area contributed by atoms with E-state index in [1.165, 1.54) is 10.9 Å². The van der Waals surface area contributed by atoms with E-state index in [2.05, 4.69) is 5.10 Å². The van der Waals surface area contributed by atoms with Crippen LogP contribution >= 0.6 is 0 Å². The van der Waals surface area contributed by atoms with Crippen LogP contribution in [0.5, 0.6) is 5.75 Å². The van der Waals surface area contributed by atoms with Crippen LogP contribution in [0.2, 0.25) is 0 Å². The molecule has 6 nitrogen and oxygen atoms in total. The molecule has 1 heterocycles. The van der Waals surface area contributed by atoms with Gasteiger partial charge in [-0.2, -0.15) is 5.10 Å². The van der Waals surface area contributed by atoms with Crippen molar-refractivity contribution < 1.29 is 13.2 Å². The number of benzene rings is 1. The number of rotatable bonds is 3. The monoisotopic (exact) mass is 267 g/mol. The molecule has 0 unspecified atom stereocenters. The minimum Gasteiger partial charge on any atom is -0.497 e. The number of ether oxygens (including phenoxy) is 1. The first-order valence-corrected chi connectivity index (χ1v) is 6.70. The predicted octanol–water partition coefficient (Wildman–Crippen LogP) is 0.837. The lowest BCUT2D eigenvalue weighted by Gasteiger charge is -2.06. The van der Waals surface area contributed by atoms with E-state index in [0.29, 0.717) is 5.69 Å². The van der Waals surface area contributed by atoms with E-state index >= 15 is 0 Å². The molecule has 1 aromatic heterocycles. The van der Waals surface area contributed by atoms with Gasteiger partial charge >= 0.3 is 0 Å². The van der Waals surface area contributed by atoms with Crippen molar-refractivity contribution in [3.63, 3.8) is 0 Å². The van der Waals surface area contributed by atoms with E-state index in [1.807, 2.05) is 0 Å². The number of aromatic nitrogens is 2. The van der Waals surface area contributed by atoms with E-state index in [9.17, 15) is 8.42 Å². The summed E-state index contributed by atoms with van der Waals surface area (Å²) in [5.74, 6) is 0.718. The molecule has 0 aliphatic carbocycles. The van der Waals surface area contributed by atoms with Crippen molar-refractivity contribution in [2.24, 2.45) is 5.14 Å². The second-order valence-electron chi connectivity index (χ2n) is 3.75. The van der Waals surface area contributed by atoms with Crippen molar-refractivity contribution in [1.29, 1.82) is 0 Å². The van der Waals surface area contributed by atoms with Crippen LogP contribution in [0.15, 0.2) is 35.4 Å². The highest BCUT2D eigenvalue weighted by Crippen LogP contribution is 2.19. The maximum atomic E-state index is 11.3. The van der Waals surface area contributed by atoms with E-state index < -0.39 is 10.0 Å². The summed E-state index contributed by atoms with van der Waals surface area (Å²) in [6.45, 7) is 1.65. The maximum absolute atomic E-state index is 11.3. The first kappa shape index (κ1) is 12.6. The molecule has 7 heteroatoms. The van der Waals surface area contributed by atoms with Crippen molar-refractivity contribution in [2.45, 2.75) is 11.8 Å². The fourth-order valence-electron chi connectivity index (χ4n) is 1.66. The van der Waals surface area contributed by atoms with Gasteiger partial charge in [-0.15, -0.1) is 0 Å². The summed E-state index contributed by atoms with van der Waals surface area (Å²) in [5.41, 5.74) is 1.21. The van der Waals surface area contributed by atoms with Crippen molar-refractivity contribution in [2.75, 3.05) is 7.11 Å². The largest absolute Gasteiger partial charge is 0.497 e. The maximum Gasteiger partial charge on any atom is 0.241 e. The molecule has 0 saturated carbocycles. The molecule has 0 fully saturated rings. The molecule has 2 aromatic rings. The normalized spacial score (nSPS) is 11.5. The van der Waals surface area contributed by atoms with Crippen molar-refractivity contribution in [1.82, 2.24) is 9.78 Å². The van der Waals surface area contributed by atoms with E-state index in [1.54, 1.807) is 38.3 Å². The van der Waals surface area contributed by atoms with Gasteiger partial charge in [-0.1, -0.05) is 0 Å². The number of methoxy groups -OCH3 is 1. The van der Waals surface area contributed by atoms with Crippen LogP contribution in [0.1, 0.15) is 5.69 Å². The van der Waals surface area contributed by atoms with Crippen LogP contribution in [-0.2, 0) is 10.0 Å². The van der Waals surface area contributed by atoms with Gasteiger partial charge in [-0.25, -0.2) is 18.2 Å². The van der Waals surface area contributed by atoms with Gasteiger partial charge in [0.05, 0.1) is 24.7 Å². The third kappa shape index (κ3) is 2.22. The number of nitrogens with zero attached hydrogens (tertiary/aromatic N) is 2. The van der Waals surface area contributed by atoms with Crippen LogP contribution in [0.3, 0.4) is 0 Å². The lowest BCUT2D eigenvalue weighted by molar-refractivity contribution is 0.414. The van der Waals surface area contributed by atoms with Gasteiger partial charge in [0.15, 0.2) is 0 Å². The Morgan fingerprint density at radius 2 is 1.89 bits per heavy atom. The summed E-state index contributed by atoms with van der Waals surface area (Å²) in [7, 11) is -2.16. The number of primary sulfonamides is 1. The Morgan fingerprint density at radius 3 is 2.33 bits per heavy atom. The average molecular weight is 267 g/mol. The predicted molar refractivity (Wildman–Crippen MR) is 66.2 cm³/mol. The van der Waals surface area contributed by atoms with Crippen molar-refractivity contribution in [3.8, 4) is 11.4 Å². The zero-order chi connectivity index (χ0) is 13.3. The molecule has 1 aromatic carbocycles. The minimum atomic E-state index is -3.74. The molecular formula is C11H13N3O3S. The van der Waals surface area contributed by atoms with E-state index in [0.717, 1.165) is 11.4 Å². The molecule has 0 saturated heterocycles. The first-order valence-electron chi connectivity index (χ1n) is 5.15. The van der Waals surface area contributed by atoms with Crippen LogP contribution in [0.25, 0.3) is 5.69 Å². The summed E-state index contributed by atoms with van der Waals surface area (Å²) in [5, 5.41) is 9.12. The first-order chi connectivity index (χ1) is 8.43. The molecule has 0 spiro atoms. The fourth-order valence-corrected chi connectivity index (χ4v) is 2.35. The molecule has 0 amide bonds. The van der Waals surface area contributed by atoms with Gasteiger partial charge in [0.1, 0.15) is 10.6 Å². The smallest absolute Gasteiger partial charge is 0.241 e. The molecular weight excluding hydrogens is 254 g/mol. The Balaban J connectivity index is 2.49. The van der Waals surface area contributed by atoms with Gasteiger partial charge < -0.3 is 4.74 Å². The van der Waals surface area contributed by atoms with Gasteiger partial charge in [-0.05, 0) is 31.2 Å². The standard InChI is InChI=1S/C11H13N3O3S/c1-8-11(18(12,15)16)7-13-14(8)9-3-5-10(17-2)6-4-9/h3-7H,1-2H3,(H2,12,15,16). The molecule has 96 valence electrons. The van der Waals surface area contributed by atoms with Crippen molar-refractivity contribution >= 4 is 10.0 Å². The highest BCUT2D eigenvalue weighted by atomic mass is 32.2. The van der Waals surface area contributed by atoms with Crippen LogP contribution in [0.4, 0.5) is 0 Å². The Hall–Kier alpha value is -1.86. The van der Waals surface area contributed by atoms with Crippen molar-refractivity contribution in [3.05, 3.63) is 36.2 Å². The number of hydrogen-bond acceptors (Lipinski definition) is 4. The highest BCUT2D eigenvalue weighted by molar-refractivity contribution is 7.89. The third-order valence-corrected chi connectivity index (χ3v) is 3.60. The topological polar surface area (TPSA) is 87.2 Å². The summed E-state index contributed by atoms with van der Waals surface area (Å²) < 4.78 is 29.2. The summed E-state index contributed by atoms with van der Waals surface area (Å²) >= 11 is 0. The number of nitrogens with two attached hydrogens (primary N) is 1. The second-order valence-corrected chi connectivity index (χ2v) is 5.28. The van der Waals surface area contributed by atoms with Crippen LogP contribution < -0.4 is 9.88 Å². The third-order valence-electron chi connectivity index (χ3n) is 2.59.